The summed E-state index contributed by atoms with van der Waals surface area (Å²) in [5, 5.41) is 2.28. The molecule has 0 aliphatic rings. The third kappa shape index (κ3) is 5.96. The maximum atomic E-state index is 5.23. The maximum absolute atomic E-state index is 5.23. The summed E-state index contributed by atoms with van der Waals surface area (Å²) in [4.78, 5) is 15.5. The summed E-state index contributed by atoms with van der Waals surface area (Å²) in [6, 6.07) is 72.4. The minimum absolute atomic E-state index is 0.567. The zero-order chi connectivity index (χ0) is 36.6. The van der Waals surface area contributed by atoms with Crippen molar-refractivity contribution in [1.82, 2.24) is 19.5 Å². The highest BCUT2D eigenvalue weighted by molar-refractivity contribution is 6.17. The molecule has 258 valence electrons. The van der Waals surface area contributed by atoms with Crippen LogP contribution in [-0.2, 0) is 0 Å². The fourth-order valence-electron chi connectivity index (χ4n) is 7.67. The van der Waals surface area contributed by atoms with Crippen LogP contribution in [0, 0.1) is 0 Å². The molecule has 4 nitrogen and oxygen atoms in total. The molecule has 0 spiro atoms. The first-order valence-electron chi connectivity index (χ1n) is 18.5. The smallest absolute Gasteiger partial charge is 0.238 e. The number of nitrogens with zero attached hydrogens (tertiary/aromatic N) is 4. The Morgan fingerprint density at radius 2 is 0.727 bits per heavy atom. The van der Waals surface area contributed by atoms with Crippen LogP contribution in [0.1, 0.15) is 0 Å². The van der Waals surface area contributed by atoms with E-state index in [4.69, 9.17) is 15.0 Å². The molecule has 2 aromatic heterocycles. The van der Waals surface area contributed by atoms with Crippen LogP contribution < -0.4 is 0 Å². The minimum atomic E-state index is 0.567. The maximum Gasteiger partial charge on any atom is 0.238 e. The molecule has 10 aromatic rings. The standard InChI is InChI=1S/C51H34N4/c1-5-17-35(18-6-1)36-29-31-38(32-30-36)45-33-41(43-26-14-13-25-42(43)37-19-7-2-8-20-37)34-47-48(45)44-27-15-16-28-46(44)55(47)51-53-49(39-21-9-3-10-22-39)52-50(54-51)40-23-11-4-12-24-40/h1-34H. The van der Waals surface area contributed by atoms with Crippen LogP contribution in [0.2, 0.25) is 0 Å². The quantitative estimate of drug-likeness (QED) is 0.166. The van der Waals surface area contributed by atoms with E-state index in [-0.39, 0.29) is 0 Å². The molecule has 0 N–H and O–H groups in total. The van der Waals surface area contributed by atoms with Crippen molar-refractivity contribution < 1.29 is 0 Å². The highest BCUT2D eigenvalue weighted by Crippen LogP contribution is 2.43. The molecule has 4 heteroatoms. The van der Waals surface area contributed by atoms with Gasteiger partial charge in [-0.3, -0.25) is 4.57 Å². The summed E-state index contributed by atoms with van der Waals surface area (Å²) in [6.45, 7) is 0. The zero-order valence-electron chi connectivity index (χ0n) is 29.9. The zero-order valence-corrected chi connectivity index (χ0v) is 29.9. The molecule has 0 aliphatic heterocycles. The van der Waals surface area contributed by atoms with E-state index in [1.54, 1.807) is 0 Å². The van der Waals surface area contributed by atoms with E-state index >= 15 is 0 Å². The Balaban J connectivity index is 1.29. The van der Waals surface area contributed by atoms with Gasteiger partial charge in [0.25, 0.3) is 0 Å². The fourth-order valence-corrected chi connectivity index (χ4v) is 7.67. The van der Waals surface area contributed by atoms with Crippen molar-refractivity contribution in [2.45, 2.75) is 0 Å². The summed E-state index contributed by atoms with van der Waals surface area (Å²) in [6.07, 6.45) is 0. The third-order valence-corrected chi connectivity index (χ3v) is 10.3. The van der Waals surface area contributed by atoms with Crippen molar-refractivity contribution in [3.8, 4) is 73.2 Å². The van der Waals surface area contributed by atoms with Gasteiger partial charge in [-0.15, -0.1) is 0 Å². The predicted molar refractivity (Wildman–Crippen MR) is 227 cm³/mol. The summed E-state index contributed by atoms with van der Waals surface area (Å²) in [5.74, 6) is 1.81. The molecule has 0 saturated heterocycles. The van der Waals surface area contributed by atoms with Crippen LogP contribution in [-0.4, -0.2) is 19.5 Å². The summed E-state index contributed by atoms with van der Waals surface area (Å²) in [7, 11) is 0. The molecule has 0 atom stereocenters. The molecule has 0 radical (unpaired) electrons. The highest BCUT2D eigenvalue weighted by atomic mass is 15.2. The molecule has 0 amide bonds. The van der Waals surface area contributed by atoms with Crippen LogP contribution in [0.25, 0.3) is 95.0 Å². The lowest BCUT2D eigenvalue weighted by Gasteiger charge is -2.15. The summed E-state index contributed by atoms with van der Waals surface area (Å²) >= 11 is 0. The summed E-state index contributed by atoms with van der Waals surface area (Å²) < 4.78 is 2.22. The van der Waals surface area contributed by atoms with Gasteiger partial charge in [-0.2, -0.15) is 9.97 Å². The Hall–Kier alpha value is -7.43. The second-order valence-electron chi connectivity index (χ2n) is 13.6. The Kier molecular flexibility index (Phi) is 8.12. The van der Waals surface area contributed by atoms with Crippen LogP contribution in [0.5, 0.6) is 0 Å². The van der Waals surface area contributed by atoms with E-state index in [1.807, 2.05) is 36.4 Å². The van der Waals surface area contributed by atoms with Gasteiger partial charge in [0.15, 0.2) is 11.6 Å². The van der Waals surface area contributed by atoms with Gasteiger partial charge in [-0.25, -0.2) is 4.98 Å². The van der Waals surface area contributed by atoms with Gasteiger partial charge in [0.05, 0.1) is 11.0 Å². The van der Waals surface area contributed by atoms with Gasteiger partial charge in [-0.05, 0) is 62.7 Å². The molecule has 0 fully saturated rings. The Bertz CT molecular complexity index is 2880. The molecule has 8 aromatic carbocycles. The number of hydrogen-bond donors (Lipinski definition) is 0. The second-order valence-corrected chi connectivity index (χ2v) is 13.6. The third-order valence-electron chi connectivity index (χ3n) is 10.3. The average Bonchev–Trinajstić information content (AvgIpc) is 3.61. The van der Waals surface area contributed by atoms with E-state index < -0.39 is 0 Å². The van der Waals surface area contributed by atoms with E-state index in [0.29, 0.717) is 17.6 Å². The number of para-hydroxylation sites is 1. The van der Waals surface area contributed by atoms with Crippen LogP contribution in [0.4, 0.5) is 0 Å². The lowest BCUT2D eigenvalue weighted by atomic mass is 9.90. The Morgan fingerprint density at radius 1 is 0.291 bits per heavy atom. The van der Waals surface area contributed by atoms with Crippen molar-refractivity contribution in [2.24, 2.45) is 0 Å². The van der Waals surface area contributed by atoms with E-state index in [2.05, 4.69) is 174 Å². The Labute approximate surface area is 319 Å². The highest BCUT2D eigenvalue weighted by Gasteiger charge is 2.22. The Morgan fingerprint density at radius 3 is 1.33 bits per heavy atom. The number of benzene rings is 8. The van der Waals surface area contributed by atoms with Gasteiger partial charge in [0.2, 0.25) is 5.95 Å². The first-order chi connectivity index (χ1) is 27.3. The normalized spacial score (nSPS) is 11.3. The lowest BCUT2D eigenvalue weighted by molar-refractivity contribution is 0.953. The van der Waals surface area contributed by atoms with Crippen molar-refractivity contribution in [1.29, 1.82) is 0 Å². The number of fused-ring (bicyclic) bond motifs is 3. The van der Waals surface area contributed by atoms with Crippen LogP contribution >= 0.6 is 0 Å². The first kappa shape index (κ1) is 32.2. The molecule has 2 heterocycles. The van der Waals surface area contributed by atoms with Crippen LogP contribution in [0.15, 0.2) is 206 Å². The van der Waals surface area contributed by atoms with Crippen molar-refractivity contribution >= 4 is 21.8 Å². The molecule has 0 unspecified atom stereocenters. The average molecular weight is 703 g/mol. The minimum Gasteiger partial charge on any atom is -0.278 e. The molecule has 55 heavy (non-hydrogen) atoms. The van der Waals surface area contributed by atoms with Crippen molar-refractivity contribution in [2.75, 3.05) is 0 Å². The lowest BCUT2D eigenvalue weighted by Crippen LogP contribution is -2.06. The van der Waals surface area contributed by atoms with Gasteiger partial charge in [0, 0.05) is 21.9 Å². The van der Waals surface area contributed by atoms with Gasteiger partial charge < -0.3 is 0 Å². The fraction of sp³-hybridized carbons (Fsp3) is 0. The SMILES string of the molecule is c1ccc(-c2ccc(-c3cc(-c4ccccc4-c4ccccc4)cc4c3c3ccccc3n4-c3nc(-c4ccccc4)nc(-c4ccccc4)n3)cc2)cc1. The number of hydrogen-bond acceptors (Lipinski definition) is 3. The van der Waals surface area contributed by atoms with E-state index in [1.165, 1.54) is 22.3 Å². The number of rotatable bonds is 7. The predicted octanol–water partition coefficient (Wildman–Crippen LogP) is 13.0. The first-order valence-corrected chi connectivity index (χ1v) is 18.5. The molecular formula is C51H34N4. The molecular weight excluding hydrogens is 669 g/mol. The molecule has 0 saturated carbocycles. The molecule has 0 aliphatic carbocycles. The van der Waals surface area contributed by atoms with E-state index in [0.717, 1.165) is 55.2 Å². The topological polar surface area (TPSA) is 43.6 Å². The van der Waals surface area contributed by atoms with Gasteiger partial charge in [-0.1, -0.05) is 188 Å². The van der Waals surface area contributed by atoms with Crippen molar-refractivity contribution in [3.63, 3.8) is 0 Å². The van der Waals surface area contributed by atoms with E-state index in [9.17, 15) is 0 Å². The largest absolute Gasteiger partial charge is 0.278 e. The second kappa shape index (κ2) is 13.8. The van der Waals surface area contributed by atoms with Gasteiger partial charge >= 0.3 is 0 Å². The monoisotopic (exact) mass is 702 g/mol. The molecule has 10 rings (SSSR count). The van der Waals surface area contributed by atoms with Crippen LogP contribution in [0.3, 0.4) is 0 Å². The summed E-state index contributed by atoms with van der Waals surface area (Å²) in [5.41, 5.74) is 13.2. The number of aromatic nitrogens is 4. The van der Waals surface area contributed by atoms with Crippen molar-refractivity contribution in [3.05, 3.63) is 206 Å². The molecule has 0 bridgehead atoms. The van der Waals surface area contributed by atoms with Gasteiger partial charge in [0.1, 0.15) is 0 Å².